The molecule has 0 fully saturated rings. The maximum absolute atomic E-state index is 12.8. The lowest BCUT2D eigenvalue weighted by Gasteiger charge is -2.36. The minimum atomic E-state index is -3.28. The van der Waals surface area contributed by atoms with E-state index in [-0.39, 0.29) is 11.8 Å². The Morgan fingerprint density at radius 3 is 2.78 bits per heavy atom. The van der Waals surface area contributed by atoms with Crippen LogP contribution in [0.25, 0.3) is 0 Å². The maximum atomic E-state index is 12.8. The molecule has 122 valence electrons. The quantitative estimate of drug-likeness (QED) is 0.846. The summed E-state index contributed by atoms with van der Waals surface area (Å²) in [5.41, 5.74) is 3.23. The van der Waals surface area contributed by atoms with Crippen molar-refractivity contribution < 1.29 is 8.42 Å². The van der Waals surface area contributed by atoms with Crippen molar-refractivity contribution in [3.8, 4) is 0 Å². The topological polar surface area (TPSA) is 50.3 Å². The van der Waals surface area contributed by atoms with Gasteiger partial charge in [-0.3, -0.25) is 4.98 Å². The highest BCUT2D eigenvalue weighted by atomic mass is 32.2. The zero-order valence-electron chi connectivity index (χ0n) is 13.4. The molecule has 0 amide bonds. The van der Waals surface area contributed by atoms with E-state index < -0.39 is 10.0 Å². The third kappa shape index (κ3) is 3.31. The van der Waals surface area contributed by atoms with E-state index in [0.29, 0.717) is 13.0 Å². The summed E-state index contributed by atoms with van der Waals surface area (Å²) in [5.74, 6) is 0.211. The van der Waals surface area contributed by atoms with Gasteiger partial charge < -0.3 is 0 Å². The smallest absolute Gasteiger partial charge is 0.214 e. The van der Waals surface area contributed by atoms with Gasteiger partial charge in [0.25, 0.3) is 0 Å². The zero-order valence-corrected chi connectivity index (χ0v) is 14.2. The molecule has 0 aliphatic carbocycles. The van der Waals surface area contributed by atoms with Gasteiger partial charge in [-0.05, 0) is 35.6 Å². The second-order valence-corrected chi connectivity index (χ2v) is 7.96. The van der Waals surface area contributed by atoms with Crippen molar-refractivity contribution >= 4 is 10.0 Å². The first-order chi connectivity index (χ1) is 11.1. The lowest BCUT2D eigenvalue weighted by Crippen LogP contribution is -2.41. The molecule has 0 saturated heterocycles. The number of rotatable bonds is 5. The van der Waals surface area contributed by atoms with E-state index in [4.69, 9.17) is 0 Å². The zero-order chi connectivity index (χ0) is 16.3. The molecule has 1 atom stereocenters. The van der Waals surface area contributed by atoms with E-state index in [1.165, 1.54) is 5.56 Å². The van der Waals surface area contributed by atoms with Crippen molar-refractivity contribution in [2.75, 3.05) is 12.3 Å². The molecule has 0 N–H and O–H groups in total. The molecule has 3 rings (SSSR count). The van der Waals surface area contributed by atoms with E-state index in [2.05, 4.69) is 11.1 Å². The molecule has 1 aromatic heterocycles. The molecule has 2 aromatic rings. The summed E-state index contributed by atoms with van der Waals surface area (Å²) in [6.45, 7) is 2.54. The molecule has 4 nitrogen and oxygen atoms in total. The SMILES string of the molecule is CCCCS(=O)(=O)N1CCc2ccccc2C1c1cccnc1. The normalized spacial score (nSPS) is 18.6. The van der Waals surface area contributed by atoms with Crippen LogP contribution < -0.4 is 0 Å². The fourth-order valence-corrected chi connectivity index (χ4v) is 4.98. The van der Waals surface area contributed by atoms with Crippen LogP contribution >= 0.6 is 0 Å². The Bertz CT molecular complexity index is 760. The van der Waals surface area contributed by atoms with Gasteiger partial charge in [-0.25, -0.2) is 8.42 Å². The highest BCUT2D eigenvalue weighted by Crippen LogP contribution is 2.36. The van der Waals surface area contributed by atoms with Gasteiger partial charge in [0, 0.05) is 18.9 Å². The summed E-state index contributed by atoms with van der Waals surface area (Å²) >= 11 is 0. The Morgan fingerprint density at radius 2 is 2.04 bits per heavy atom. The predicted molar refractivity (Wildman–Crippen MR) is 91.6 cm³/mol. The number of sulfonamides is 1. The molecule has 1 aromatic carbocycles. The first kappa shape index (κ1) is 16.1. The predicted octanol–water partition coefficient (Wildman–Crippen LogP) is 3.16. The van der Waals surface area contributed by atoms with Crippen molar-refractivity contribution in [3.05, 3.63) is 65.5 Å². The fraction of sp³-hybridized carbons (Fsp3) is 0.389. The van der Waals surface area contributed by atoms with Crippen molar-refractivity contribution in [2.24, 2.45) is 0 Å². The second-order valence-electron chi connectivity index (χ2n) is 5.92. The number of unbranched alkanes of at least 4 members (excludes halogenated alkanes) is 1. The summed E-state index contributed by atoms with van der Waals surface area (Å²) in [6.07, 6.45) is 5.82. The monoisotopic (exact) mass is 330 g/mol. The van der Waals surface area contributed by atoms with Gasteiger partial charge in [-0.2, -0.15) is 4.31 Å². The van der Waals surface area contributed by atoms with Crippen LogP contribution in [-0.2, 0) is 16.4 Å². The Kier molecular flexibility index (Phi) is 4.78. The van der Waals surface area contributed by atoms with Gasteiger partial charge >= 0.3 is 0 Å². The average Bonchev–Trinajstić information content (AvgIpc) is 2.59. The van der Waals surface area contributed by atoms with Gasteiger partial charge in [0.15, 0.2) is 0 Å². The second kappa shape index (κ2) is 6.81. The average molecular weight is 330 g/mol. The molecule has 0 spiro atoms. The lowest BCUT2D eigenvalue weighted by atomic mass is 9.91. The Labute approximate surface area is 138 Å². The molecule has 2 heterocycles. The maximum Gasteiger partial charge on any atom is 0.214 e. The fourth-order valence-electron chi connectivity index (χ4n) is 3.17. The van der Waals surface area contributed by atoms with Crippen molar-refractivity contribution in [3.63, 3.8) is 0 Å². The first-order valence-corrected chi connectivity index (χ1v) is 9.71. The minimum Gasteiger partial charge on any atom is -0.264 e. The molecular formula is C18H22N2O2S. The van der Waals surface area contributed by atoms with E-state index in [1.54, 1.807) is 16.7 Å². The highest BCUT2D eigenvalue weighted by Gasteiger charge is 2.35. The number of hydrogen-bond acceptors (Lipinski definition) is 3. The van der Waals surface area contributed by atoms with Crippen LogP contribution in [0.15, 0.2) is 48.8 Å². The van der Waals surface area contributed by atoms with Gasteiger partial charge in [-0.1, -0.05) is 43.7 Å². The van der Waals surface area contributed by atoms with Crippen LogP contribution in [0.4, 0.5) is 0 Å². The molecule has 0 saturated carbocycles. The molecule has 5 heteroatoms. The molecule has 1 aliphatic rings. The van der Waals surface area contributed by atoms with Crippen molar-refractivity contribution in [1.82, 2.24) is 9.29 Å². The number of hydrogen-bond donors (Lipinski definition) is 0. The van der Waals surface area contributed by atoms with Gasteiger partial charge in [0.05, 0.1) is 11.8 Å². The minimum absolute atomic E-state index is 0.211. The largest absolute Gasteiger partial charge is 0.264 e. The Hall–Kier alpha value is -1.72. The summed E-state index contributed by atoms with van der Waals surface area (Å²) in [5, 5.41) is 0. The summed E-state index contributed by atoms with van der Waals surface area (Å²) in [7, 11) is -3.28. The van der Waals surface area contributed by atoms with Crippen LogP contribution in [-0.4, -0.2) is 30.0 Å². The molecule has 23 heavy (non-hydrogen) atoms. The molecular weight excluding hydrogens is 308 g/mol. The molecule has 1 unspecified atom stereocenters. The summed E-state index contributed by atoms with van der Waals surface area (Å²) in [4.78, 5) is 4.19. The van der Waals surface area contributed by atoms with E-state index in [0.717, 1.165) is 24.0 Å². The summed E-state index contributed by atoms with van der Waals surface area (Å²) < 4.78 is 27.4. The van der Waals surface area contributed by atoms with Gasteiger partial charge in [0.2, 0.25) is 10.0 Å². The number of fused-ring (bicyclic) bond motifs is 1. The number of aromatic nitrogens is 1. The van der Waals surface area contributed by atoms with E-state index in [1.807, 2.05) is 37.3 Å². The van der Waals surface area contributed by atoms with E-state index >= 15 is 0 Å². The number of nitrogens with zero attached hydrogens (tertiary/aromatic N) is 2. The van der Waals surface area contributed by atoms with Gasteiger partial charge in [0.1, 0.15) is 0 Å². The third-order valence-electron chi connectivity index (χ3n) is 4.35. The van der Waals surface area contributed by atoms with Crippen LogP contribution in [0.1, 0.15) is 42.5 Å². The molecule has 0 radical (unpaired) electrons. The van der Waals surface area contributed by atoms with E-state index in [9.17, 15) is 8.42 Å². The highest BCUT2D eigenvalue weighted by molar-refractivity contribution is 7.89. The van der Waals surface area contributed by atoms with Crippen LogP contribution in [0.2, 0.25) is 0 Å². The van der Waals surface area contributed by atoms with Gasteiger partial charge in [-0.15, -0.1) is 0 Å². The number of benzene rings is 1. The molecule has 0 bridgehead atoms. The molecule has 1 aliphatic heterocycles. The Morgan fingerprint density at radius 1 is 1.22 bits per heavy atom. The van der Waals surface area contributed by atoms with Crippen molar-refractivity contribution in [1.29, 1.82) is 0 Å². The standard InChI is InChI=1S/C18H22N2O2S/c1-2-3-13-23(21,22)20-12-10-15-7-4-5-9-17(15)18(20)16-8-6-11-19-14-16/h4-9,11,14,18H,2-3,10,12-13H2,1H3. The Balaban J connectivity index is 2.06. The summed E-state index contributed by atoms with van der Waals surface area (Å²) in [6, 6.07) is 11.7. The first-order valence-electron chi connectivity index (χ1n) is 8.10. The van der Waals surface area contributed by atoms with Crippen LogP contribution in [0, 0.1) is 0 Å². The van der Waals surface area contributed by atoms with Crippen LogP contribution in [0.3, 0.4) is 0 Å². The third-order valence-corrected chi connectivity index (χ3v) is 6.27. The number of pyridine rings is 1. The van der Waals surface area contributed by atoms with Crippen LogP contribution in [0.5, 0.6) is 0 Å². The lowest BCUT2D eigenvalue weighted by molar-refractivity contribution is 0.343. The van der Waals surface area contributed by atoms with Crippen molar-refractivity contribution in [2.45, 2.75) is 32.2 Å².